The van der Waals surface area contributed by atoms with Crippen LogP contribution in [0.3, 0.4) is 0 Å². The maximum absolute atomic E-state index is 7.32. The maximum atomic E-state index is 7.32. The molecule has 2 N–H and O–H groups in total. The lowest BCUT2D eigenvalue weighted by Gasteiger charge is -2.11. The van der Waals surface area contributed by atoms with Gasteiger partial charge in [0.2, 0.25) is 0 Å². The number of nitrogens with one attached hydrogen (secondary N) is 2. The number of hydrogen-bond acceptors (Lipinski definition) is 3. The molecule has 0 spiro atoms. The highest BCUT2D eigenvalue weighted by molar-refractivity contribution is 4.59. The van der Waals surface area contributed by atoms with Crippen LogP contribution in [0.4, 0.5) is 0 Å². The zero-order valence-electron chi connectivity index (χ0n) is 12.9. The molecule has 17 heavy (non-hydrogen) atoms. The molecule has 1 fully saturated rings. The fourth-order valence-electron chi connectivity index (χ4n) is 0.604. The number of rotatable bonds is 0. The van der Waals surface area contributed by atoms with Crippen molar-refractivity contribution < 1.29 is 0 Å². The van der Waals surface area contributed by atoms with Crippen LogP contribution in [0.5, 0.6) is 0 Å². The van der Waals surface area contributed by atoms with Crippen molar-refractivity contribution in [2.24, 2.45) is 11.8 Å². The van der Waals surface area contributed by atoms with Gasteiger partial charge in [-0.1, -0.05) is 41.5 Å². The highest BCUT2D eigenvalue weighted by atomic mass is 15.0. The fourth-order valence-corrected chi connectivity index (χ4v) is 0.604. The van der Waals surface area contributed by atoms with E-state index in [0.717, 1.165) is 38.0 Å². The van der Waals surface area contributed by atoms with E-state index in [2.05, 4.69) is 52.2 Å². The molecule has 0 amide bonds. The third kappa shape index (κ3) is 94.7. The molecular weight excluding hydrogens is 210 g/mol. The van der Waals surface area contributed by atoms with E-state index in [4.69, 9.17) is 5.26 Å². The number of piperazine rings is 1. The van der Waals surface area contributed by atoms with E-state index in [1.54, 1.807) is 6.07 Å². The summed E-state index contributed by atoms with van der Waals surface area (Å²) in [7, 11) is 0. The van der Waals surface area contributed by atoms with Crippen molar-refractivity contribution in [1.29, 1.82) is 5.26 Å². The van der Waals surface area contributed by atoms with Crippen LogP contribution in [0.25, 0.3) is 0 Å². The molecule has 1 saturated heterocycles. The predicted octanol–water partition coefficient (Wildman–Crippen LogP) is 3.03. The number of nitriles is 1. The third-order valence-corrected chi connectivity index (χ3v) is 0.957. The molecule has 104 valence electrons. The maximum Gasteiger partial charge on any atom is 0.0587 e. The topological polar surface area (TPSA) is 47.8 Å². The molecule has 0 aromatic carbocycles. The molecule has 3 heteroatoms. The first-order valence-electron chi connectivity index (χ1n) is 6.60. The predicted molar refractivity (Wildman–Crippen MR) is 78.1 cm³/mol. The van der Waals surface area contributed by atoms with Gasteiger partial charge in [0, 0.05) is 33.1 Å². The molecule has 1 rings (SSSR count). The van der Waals surface area contributed by atoms with Crippen LogP contribution >= 0.6 is 0 Å². The second-order valence-electron chi connectivity index (χ2n) is 5.19. The molecule has 0 aliphatic carbocycles. The second kappa shape index (κ2) is 20.8. The average Bonchev–Trinajstić information content (AvgIpc) is 2.19. The van der Waals surface area contributed by atoms with Crippen molar-refractivity contribution >= 4 is 0 Å². The van der Waals surface area contributed by atoms with Gasteiger partial charge >= 0.3 is 0 Å². The minimum atomic E-state index is 0.833. The standard InChI is InChI=1S/C4H10N2.2C4H10.C2H3N/c1-2-6-4-3-5-1;2*1-4(2)3;1-2-3/h5-6H,1-4H2;2*4H,1-3H3;1H3. The average molecular weight is 243 g/mol. The van der Waals surface area contributed by atoms with Crippen molar-refractivity contribution in [2.45, 2.75) is 48.5 Å². The van der Waals surface area contributed by atoms with E-state index in [-0.39, 0.29) is 0 Å². The monoisotopic (exact) mass is 243 g/mol. The van der Waals surface area contributed by atoms with E-state index in [1.807, 2.05) is 0 Å². The van der Waals surface area contributed by atoms with E-state index in [1.165, 1.54) is 6.92 Å². The van der Waals surface area contributed by atoms with Gasteiger partial charge in [-0.25, -0.2) is 0 Å². The second-order valence-corrected chi connectivity index (χ2v) is 5.19. The molecule has 0 atom stereocenters. The SMILES string of the molecule is C1CNCCN1.CC#N.CC(C)C.CC(C)C. The molecule has 1 aliphatic heterocycles. The Morgan fingerprint density at radius 3 is 0.941 bits per heavy atom. The molecule has 0 aromatic heterocycles. The summed E-state index contributed by atoms with van der Waals surface area (Å²) in [6, 6.07) is 1.75. The molecule has 0 bridgehead atoms. The smallest absolute Gasteiger partial charge is 0.0587 e. The van der Waals surface area contributed by atoms with Crippen LogP contribution in [0.15, 0.2) is 0 Å². The van der Waals surface area contributed by atoms with E-state index >= 15 is 0 Å². The number of hydrogen-bond donors (Lipinski definition) is 2. The Bertz CT molecular complexity index is 121. The highest BCUT2D eigenvalue weighted by Gasteiger charge is 1.91. The first-order valence-corrected chi connectivity index (χ1v) is 6.60. The lowest BCUT2D eigenvalue weighted by molar-refractivity contribution is 0.534. The normalized spacial score (nSPS) is 13.2. The van der Waals surface area contributed by atoms with Gasteiger partial charge in [0.15, 0.2) is 0 Å². The molecule has 1 heterocycles. The summed E-state index contributed by atoms with van der Waals surface area (Å²) < 4.78 is 0. The minimum Gasteiger partial charge on any atom is -0.314 e. The van der Waals surface area contributed by atoms with Crippen LogP contribution in [-0.4, -0.2) is 26.2 Å². The van der Waals surface area contributed by atoms with Gasteiger partial charge in [-0.05, 0) is 11.8 Å². The molecular formula is C14H33N3. The molecule has 0 aromatic rings. The minimum absolute atomic E-state index is 0.833. The Morgan fingerprint density at radius 2 is 0.882 bits per heavy atom. The lowest BCUT2D eigenvalue weighted by Crippen LogP contribution is -2.39. The van der Waals surface area contributed by atoms with Gasteiger partial charge in [0.1, 0.15) is 0 Å². The van der Waals surface area contributed by atoms with Crippen LogP contribution in [0.1, 0.15) is 48.5 Å². The summed E-state index contributed by atoms with van der Waals surface area (Å²) >= 11 is 0. The highest BCUT2D eigenvalue weighted by Crippen LogP contribution is 1.81. The van der Waals surface area contributed by atoms with E-state index in [0.29, 0.717) is 0 Å². The Kier molecular flexibility index (Phi) is 26.5. The van der Waals surface area contributed by atoms with Gasteiger partial charge in [-0.2, -0.15) is 5.26 Å². The van der Waals surface area contributed by atoms with Gasteiger partial charge in [0.25, 0.3) is 0 Å². The first kappa shape index (κ1) is 21.7. The van der Waals surface area contributed by atoms with E-state index < -0.39 is 0 Å². The summed E-state index contributed by atoms with van der Waals surface area (Å²) in [4.78, 5) is 0. The largest absolute Gasteiger partial charge is 0.314 e. The molecule has 1 aliphatic rings. The first-order chi connectivity index (χ1) is 7.88. The van der Waals surface area contributed by atoms with Crippen LogP contribution in [0, 0.1) is 23.2 Å². The Balaban J connectivity index is -0.000000161. The summed E-state index contributed by atoms with van der Waals surface area (Å²) in [5, 5.41) is 13.8. The Morgan fingerprint density at radius 1 is 0.765 bits per heavy atom. The van der Waals surface area contributed by atoms with Crippen LogP contribution in [0.2, 0.25) is 0 Å². The van der Waals surface area contributed by atoms with Crippen molar-refractivity contribution in [3.63, 3.8) is 0 Å². The van der Waals surface area contributed by atoms with Crippen molar-refractivity contribution in [2.75, 3.05) is 26.2 Å². The summed E-state index contributed by atoms with van der Waals surface area (Å²) in [6.45, 7) is 19.0. The third-order valence-electron chi connectivity index (χ3n) is 0.957. The van der Waals surface area contributed by atoms with Crippen LogP contribution in [-0.2, 0) is 0 Å². The molecule has 0 unspecified atom stereocenters. The van der Waals surface area contributed by atoms with Gasteiger partial charge in [-0.3, -0.25) is 0 Å². The zero-order valence-corrected chi connectivity index (χ0v) is 12.9. The molecule has 0 radical (unpaired) electrons. The van der Waals surface area contributed by atoms with Crippen molar-refractivity contribution in [3.8, 4) is 6.07 Å². The summed E-state index contributed by atoms with van der Waals surface area (Å²) in [5.41, 5.74) is 0. The fraction of sp³-hybridized carbons (Fsp3) is 0.929. The summed E-state index contributed by atoms with van der Waals surface area (Å²) in [6.07, 6.45) is 0. The quantitative estimate of drug-likeness (QED) is 0.687. The van der Waals surface area contributed by atoms with Crippen molar-refractivity contribution in [3.05, 3.63) is 0 Å². The Labute approximate surface area is 109 Å². The van der Waals surface area contributed by atoms with Gasteiger partial charge < -0.3 is 10.6 Å². The molecule has 3 nitrogen and oxygen atoms in total. The lowest BCUT2D eigenvalue weighted by atomic mass is 10.3. The number of nitrogens with zero attached hydrogens (tertiary/aromatic N) is 1. The van der Waals surface area contributed by atoms with Gasteiger partial charge in [0.05, 0.1) is 6.07 Å². The van der Waals surface area contributed by atoms with Crippen molar-refractivity contribution in [1.82, 2.24) is 10.6 Å². The van der Waals surface area contributed by atoms with Gasteiger partial charge in [-0.15, -0.1) is 0 Å². The summed E-state index contributed by atoms with van der Waals surface area (Å²) in [5.74, 6) is 1.67. The molecule has 0 saturated carbocycles. The van der Waals surface area contributed by atoms with E-state index in [9.17, 15) is 0 Å². The Hall–Kier alpha value is -0.590. The zero-order chi connectivity index (χ0) is 14.1. The van der Waals surface area contributed by atoms with Crippen LogP contribution < -0.4 is 10.6 Å².